The Morgan fingerprint density at radius 2 is 0.403 bits per heavy atom. The Morgan fingerprint density at radius 3 is 0.742 bits per heavy atom. The van der Waals surface area contributed by atoms with Crippen molar-refractivity contribution >= 4 is 53.9 Å². The number of hydrogen-bond donors (Lipinski definition) is 0. The van der Waals surface area contributed by atoms with Gasteiger partial charge < -0.3 is 0 Å². The van der Waals surface area contributed by atoms with Crippen LogP contribution in [-0.4, -0.2) is 0 Å². The van der Waals surface area contributed by atoms with Gasteiger partial charge in [-0.3, -0.25) is 0 Å². The van der Waals surface area contributed by atoms with Crippen molar-refractivity contribution in [1.29, 1.82) is 0 Å². The maximum atomic E-state index is 2.42. The minimum atomic E-state index is 1.21. The second-order valence-electron chi connectivity index (χ2n) is 16.5. The fraction of sp³-hybridized carbons (Fsp3) is 0. The van der Waals surface area contributed by atoms with Gasteiger partial charge in [-0.15, -0.1) is 0 Å². The molecule has 0 amide bonds. The van der Waals surface area contributed by atoms with E-state index < -0.39 is 0 Å². The zero-order valence-corrected chi connectivity index (χ0v) is 34.1. The Balaban J connectivity index is 0.890. The molecule has 0 radical (unpaired) electrons. The van der Waals surface area contributed by atoms with Gasteiger partial charge in [-0.25, -0.2) is 0 Å². The summed E-state index contributed by atoms with van der Waals surface area (Å²) in [5.74, 6) is 0. The third kappa shape index (κ3) is 6.33. The summed E-state index contributed by atoms with van der Waals surface area (Å²) in [6.07, 6.45) is 0. The van der Waals surface area contributed by atoms with E-state index in [1.165, 1.54) is 121 Å². The molecule has 0 bridgehead atoms. The standard InChI is InChI=1S/C62H40/c1-3-11-41(12-4-1)47-27-31-53-37-49(29-33-51(53)35-47)43-19-23-45(24-20-43)59-39-61-58-18-10-8-16-56(58)60(40-62(61)57-17-9-7-15-55(57)59)46-25-21-44(22-26-46)50-30-34-52-36-48(28-32-54(52)38-50)42-13-5-2-6-14-42/h1-40H. The molecule has 0 aromatic heterocycles. The van der Waals surface area contributed by atoms with Crippen molar-refractivity contribution in [2.75, 3.05) is 0 Å². The van der Waals surface area contributed by atoms with Gasteiger partial charge in [-0.2, -0.15) is 0 Å². The summed E-state index contributed by atoms with van der Waals surface area (Å²) < 4.78 is 0. The van der Waals surface area contributed by atoms with E-state index in [2.05, 4.69) is 243 Å². The highest BCUT2D eigenvalue weighted by Crippen LogP contribution is 2.43. The fourth-order valence-corrected chi connectivity index (χ4v) is 9.58. The van der Waals surface area contributed by atoms with Crippen molar-refractivity contribution in [1.82, 2.24) is 0 Å². The van der Waals surface area contributed by atoms with Crippen LogP contribution in [0.2, 0.25) is 0 Å². The molecule has 12 rings (SSSR count). The van der Waals surface area contributed by atoms with Gasteiger partial charge in [0.05, 0.1) is 0 Å². The van der Waals surface area contributed by atoms with E-state index in [-0.39, 0.29) is 0 Å². The van der Waals surface area contributed by atoms with Gasteiger partial charge in [0.2, 0.25) is 0 Å². The molecule has 0 spiro atoms. The van der Waals surface area contributed by atoms with Gasteiger partial charge in [0.25, 0.3) is 0 Å². The van der Waals surface area contributed by atoms with E-state index in [1.54, 1.807) is 0 Å². The van der Waals surface area contributed by atoms with Gasteiger partial charge in [-0.05, 0) is 157 Å². The molecule has 0 heteroatoms. The Morgan fingerprint density at radius 1 is 0.145 bits per heavy atom. The first kappa shape index (κ1) is 35.8. The molecular weight excluding hydrogens is 745 g/mol. The quantitative estimate of drug-likeness (QED) is 0.147. The molecule has 62 heavy (non-hydrogen) atoms. The smallest absolute Gasteiger partial charge is 0.00923 e. The highest BCUT2D eigenvalue weighted by molar-refractivity contribution is 6.24. The summed E-state index contributed by atoms with van der Waals surface area (Å²) in [4.78, 5) is 0. The molecule has 0 unspecified atom stereocenters. The van der Waals surface area contributed by atoms with Crippen molar-refractivity contribution in [3.63, 3.8) is 0 Å². The Labute approximate surface area is 361 Å². The largest absolute Gasteiger partial charge is 0.0622 e. The maximum absolute atomic E-state index is 2.42. The topological polar surface area (TPSA) is 0 Å². The van der Waals surface area contributed by atoms with Crippen LogP contribution in [0.1, 0.15) is 0 Å². The lowest BCUT2D eigenvalue weighted by atomic mass is 9.87. The molecule has 0 saturated carbocycles. The molecule has 0 N–H and O–H groups in total. The second-order valence-corrected chi connectivity index (χ2v) is 16.5. The van der Waals surface area contributed by atoms with Crippen molar-refractivity contribution in [2.24, 2.45) is 0 Å². The van der Waals surface area contributed by atoms with E-state index in [0.717, 1.165) is 0 Å². The third-order valence-electron chi connectivity index (χ3n) is 12.8. The van der Waals surface area contributed by atoms with E-state index in [4.69, 9.17) is 0 Å². The summed E-state index contributed by atoms with van der Waals surface area (Å²) in [5, 5.41) is 12.6. The summed E-state index contributed by atoms with van der Waals surface area (Å²) in [6.45, 7) is 0. The van der Waals surface area contributed by atoms with Crippen LogP contribution in [0.4, 0.5) is 0 Å². The molecule has 0 nitrogen and oxygen atoms in total. The average Bonchev–Trinajstić information content (AvgIpc) is 3.36. The summed E-state index contributed by atoms with van der Waals surface area (Å²) in [7, 11) is 0. The second kappa shape index (κ2) is 14.9. The van der Waals surface area contributed by atoms with Crippen LogP contribution in [0.15, 0.2) is 243 Å². The molecule has 12 aromatic carbocycles. The SMILES string of the molecule is c1ccc(-c2ccc3cc(-c4ccc(-c5cc6c7ccccc7c(-c7ccc(-c8ccc9cc(-c%10ccccc%10)ccc9c8)cc7)cc6c6ccccc56)cc4)ccc3c2)cc1. The Bertz CT molecular complexity index is 3390. The zero-order chi connectivity index (χ0) is 41.0. The number of rotatable bonds is 6. The van der Waals surface area contributed by atoms with Crippen LogP contribution < -0.4 is 0 Å². The number of fused-ring (bicyclic) bond motifs is 7. The van der Waals surface area contributed by atoms with Crippen molar-refractivity contribution in [3.8, 4) is 66.8 Å². The van der Waals surface area contributed by atoms with Gasteiger partial charge in [0.1, 0.15) is 0 Å². The van der Waals surface area contributed by atoms with Gasteiger partial charge in [0, 0.05) is 0 Å². The average molecular weight is 785 g/mol. The minimum Gasteiger partial charge on any atom is -0.0622 e. The summed E-state index contributed by atoms with van der Waals surface area (Å²) in [6, 6.07) is 89.3. The zero-order valence-electron chi connectivity index (χ0n) is 34.1. The van der Waals surface area contributed by atoms with Gasteiger partial charge in [0.15, 0.2) is 0 Å². The first-order valence-electron chi connectivity index (χ1n) is 21.5. The number of benzene rings is 12. The van der Waals surface area contributed by atoms with Crippen LogP contribution >= 0.6 is 0 Å². The van der Waals surface area contributed by atoms with E-state index in [0.29, 0.717) is 0 Å². The van der Waals surface area contributed by atoms with Crippen LogP contribution in [0.5, 0.6) is 0 Å². The molecule has 12 aromatic rings. The summed E-state index contributed by atoms with van der Waals surface area (Å²) >= 11 is 0. The molecular formula is C62H40. The van der Waals surface area contributed by atoms with Crippen LogP contribution in [0, 0.1) is 0 Å². The number of hydrogen-bond acceptors (Lipinski definition) is 0. The van der Waals surface area contributed by atoms with E-state index in [9.17, 15) is 0 Å². The van der Waals surface area contributed by atoms with E-state index in [1.807, 2.05) is 0 Å². The Hall–Kier alpha value is -8.06. The predicted octanol–water partition coefficient (Wildman–Crippen LogP) is 17.5. The molecule has 0 aliphatic rings. The maximum Gasteiger partial charge on any atom is -0.00923 e. The monoisotopic (exact) mass is 784 g/mol. The van der Waals surface area contributed by atoms with Crippen LogP contribution in [0.25, 0.3) is 121 Å². The molecule has 0 aliphatic carbocycles. The van der Waals surface area contributed by atoms with Crippen molar-refractivity contribution < 1.29 is 0 Å². The highest BCUT2D eigenvalue weighted by atomic mass is 14.2. The molecule has 0 saturated heterocycles. The highest BCUT2D eigenvalue weighted by Gasteiger charge is 2.15. The lowest BCUT2D eigenvalue weighted by molar-refractivity contribution is 1.61. The molecule has 0 heterocycles. The van der Waals surface area contributed by atoms with Crippen molar-refractivity contribution in [2.45, 2.75) is 0 Å². The normalized spacial score (nSPS) is 11.5. The van der Waals surface area contributed by atoms with Gasteiger partial charge in [-0.1, -0.05) is 206 Å². The lowest BCUT2D eigenvalue weighted by Gasteiger charge is -2.16. The summed E-state index contributed by atoms with van der Waals surface area (Å²) in [5.41, 5.74) is 14.8. The molecule has 288 valence electrons. The van der Waals surface area contributed by atoms with Crippen LogP contribution in [0.3, 0.4) is 0 Å². The van der Waals surface area contributed by atoms with Gasteiger partial charge >= 0.3 is 0 Å². The predicted molar refractivity (Wildman–Crippen MR) is 267 cm³/mol. The Kier molecular flexibility index (Phi) is 8.61. The van der Waals surface area contributed by atoms with E-state index >= 15 is 0 Å². The van der Waals surface area contributed by atoms with Crippen molar-refractivity contribution in [3.05, 3.63) is 243 Å². The molecule has 0 fully saturated rings. The first-order chi connectivity index (χ1) is 30.7. The fourth-order valence-electron chi connectivity index (χ4n) is 9.58. The third-order valence-corrected chi connectivity index (χ3v) is 12.8. The molecule has 0 aliphatic heterocycles. The van der Waals surface area contributed by atoms with Crippen LogP contribution in [-0.2, 0) is 0 Å². The molecule has 0 atom stereocenters. The first-order valence-corrected chi connectivity index (χ1v) is 21.5. The minimum absolute atomic E-state index is 1.21. The lowest BCUT2D eigenvalue weighted by Crippen LogP contribution is -1.89.